The zero-order valence-electron chi connectivity index (χ0n) is 11.7. The maximum atomic E-state index is 11.9. The second-order valence-corrected chi connectivity index (χ2v) is 6.66. The van der Waals surface area contributed by atoms with Crippen LogP contribution >= 0.6 is 0 Å². The third kappa shape index (κ3) is 2.14. The summed E-state index contributed by atoms with van der Waals surface area (Å²) in [7, 11) is 0. The van der Waals surface area contributed by atoms with Gasteiger partial charge in [0.1, 0.15) is 0 Å². The van der Waals surface area contributed by atoms with Crippen LogP contribution in [0.2, 0.25) is 0 Å². The summed E-state index contributed by atoms with van der Waals surface area (Å²) in [6.45, 7) is 1.11. The van der Waals surface area contributed by atoms with E-state index in [9.17, 15) is 4.79 Å². The van der Waals surface area contributed by atoms with Crippen LogP contribution in [0, 0.1) is 23.7 Å². The minimum Gasteiger partial charge on any atom is -0.351 e. The molecular formula is C17H22N2O. The number of nitrogens with one attached hydrogen (secondary N) is 2. The first-order chi connectivity index (χ1) is 9.83. The molecule has 4 rings (SSSR count). The van der Waals surface area contributed by atoms with Gasteiger partial charge in [-0.05, 0) is 48.5 Å². The Balaban J connectivity index is 1.20. The minimum absolute atomic E-state index is 0.117. The van der Waals surface area contributed by atoms with Crippen LogP contribution in [-0.2, 0) is 11.3 Å². The van der Waals surface area contributed by atoms with Gasteiger partial charge in [0.25, 0.3) is 0 Å². The molecule has 2 bridgehead atoms. The number of carbonyl (C=O) groups is 1. The summed E-state index contributed by atoms with van der Waals surface area (Å²) >= 11 is 0. The second kappa shape index (κ2) is 4.88. The molecule has 3 nitrogen and oxygen atoms in total. The van der Waals surface area contributed by atoms with Crippen LogP contribution < -0.4 is 10.6 Å². The van der Waals surface area contributed by atoms with Crippen LogP contribution in [0.3, 0.4) is 0 Å². The van der Waals surface area contributed by atoms with Crippen LogP contribution in [0.25, 0.3) is 0 Å². The second-order valence-electron chi connectivity index (χ2n) is 6.66. The normalized spacial score (nSPS) is 36.7. The molecule has 106 valence electrons. The highest BCUT2D eigenvalue weighted by Crippen LogP contribution is 2.65. The average Bonchev–Trinajstić information content (AvgIpc) is 2.87. The number of rotatable bonds is 5. The van der Waals surface area contributed by atoms with Crippen LogP contribution in [0.4, 0.5) is 0 Å². The van der Waals surface area contributed by atoms with Gasteiger partial charge in [-0.3, -0.25) is 4.79 Å². The van der Waals surface area contributed by atoms with Crippen LogP contribution in [-0.4, -0.2) is 18.5 Å². The molecule has 0 saturated heterocycles. The van der Waals surface area contributed by atoms with Gasteiger partial charge in [-0.1, -0.05) is 30.3 Å². The van der Waals surface area contributed by atoms with Gasteiger partial charge in [0.2, 0.25) is 5.91 Å². The van der Waals surface area contributed by atoms with Crippen molar-refractivity contribution in [2.24, 2.45) is 23.7 Å². The molecule has 3 aliphatic rings. The third-order valence-electron chi connectivity index (χ3n) is 5.57. The van der Waals surface area contributed by atoms with Crippen molar-refractivity contribution in [1.29, 1.82) is 0 Å². The molecular weight excluding hydrogens is 248 g/mol. The molecule has 3 fully saturated rings. The summed E-state index contributed by atoms with van der Waals surface area (Å²) in [5.41, 5.74) is 1.15. The fourth-order valence-corrected chi connectivity index (χ4v) is 4.67. The van der Waals surface area contributed by atoms with Crippen molar-refractivity contribution < 1.29 is 4.79 Å². The molecule has 4 atom stereocenters. The van der Waals surface area contributed by atoms with Crippen molar-refractivity contribution in [3.8, 4) is 0 Å². The van der Waals surface area contributed by atoms with Crippen LogP contribution in [0.5, 0.6) is 0 Å². The molecule has 0 aliphatic heterocycles. The monoisotopic (exact) mass is 270 g/mol. The molecule has 4 unspecified atom stereocenters. The fraction of sp³-hybridized carbons (Fsp3) is 0.588. The van der Waals surface area contributed by atoms with Gasteiger partial charge < -0.3 is 10.6 Å². The van der Waals surface area contributed by atoms with Gasteiger partial charge in [-0.2, -0.15) is 0 Å². The molecule has 0 heterocycles. The minimum atomic E-state index is 0.117. The average molecular weight is 270 g/mol. The van der Waals surface area contributed by atoms with Gasteiger partial charge in [0, 0.05) is 12.6 Å². The van der Waals surface area contributed by atoms with E-state index in [0.717, 1.165) is 29.2 Å². The third-order valence-corrected chi connectivity index (χ3v) is 5.57. The molecule has 2 N–H and O–H groups in total. The molecule has 3 heteroatoms. The smallest absolute Gasteiger partial charge is 0.234 e. The lowest BCUT2D eigenvalue weighted by molar-refractivity contribution is -0.120. The highest BCUT2D eigenvalue weighted by Gasteiger charge is 2.64. The Hall–Kier alpha value is -1.35. The van der Waals surface area contributed by atoms with E-state index in [2.05, 4.69) is 10.6 Å². The zero-order chi connectivity index (χ0) is 13.5. The van der Waals surface area contributed by atoms with Gasteiger partial charge in [0.15, 0.2) is 0 Å². The van der Waals surface area contributed by atoms with E-state index in [1.165, 1.54) is 19.3 Å². The molecule has 1 amide bonds. The lowest BCUT2D eigenvalue weighted by Crippen LogP contribution is -2.36. The summed E-state index contributed by atoms with van der Waals surface area (Å²) in [6.07, 6.45) is 4.34. The Bertz CT molecular complexity index is 485. The Labute approximate surface area is 120 Å². The van der Waals surface area contributed by atoms with E-state index in [4.69, 9.17) is 0 Å². The van der Waals surface area contributed by atoms with E-state index < -0.39 is 0 Å². The predicted molar refractivity (Wildman–Crippen MR) is 77.9 cm³/mol. The standard InChI is InChI=1S/C17H22N2O/c20-14(18-9-11-4-2-1-3-5-11)10-19-17-15-12-6-7-13(8-12)16(15)17/h1-5,12-13,15-17,19H,6-10H2,(H,18,20). The largest absolute Gasteiger partial charge is 0.351 e. The van der Waals surface area contributed by atoms with E-state index in [0.29, 0.717) is 19.1 Å². The Morgan fingerprint density at radius 1 is 1.10 bits per heavy atom. The predicted octanol–water partition coefficient (Wildman–Crippen LogP) is 1.94. The molecule has 3 aliphatic carbocycles. The highest BCUT2D eigenvalue weighted by molar-refractivity contribution is 5.78. The summed E-state index contributed by atoms with van der Waals surface area (Å²) in [6, 6.07) is 10.7. The molecule has 0 radical (unpaired) electrons. The first-order valence-corrected chi connectivity index (χ1v) is 7.87. The maximum Gasteiger partial charge on any atom is 0.234 e. The summed E-state index contributed by atoms with van der Waals surface area (Å²) in [4.78, 5) is 11.9. The van der Waals surface area contributed by atoms with E-state index in [1.807, 2.05) is 30.3 Å². The molecule has 3 saturated carbocycles. The topological polar surface area (TPSA) is 41.1 Å². The lowest BCUT2D eigenvalue weighted by Gasteiger charge is -2.10. The number of carbonyl (C=O) groups excluding carboxylic acids is 1. The zero-order valence-corrected chi connectivity index (χ0v) is 11.7. The van der Waals surface area contributed by atoms with Crippen molar-refractivity contribution in [3.63, 3.8) is 0 Å². The molecule has 1 aromatic carbocycles. The van der Waals surface area contributed by atoms with Gasteiger partial charge in [0.05, 0.1) is 6.54 Å². The van der Waals surface area contributed by atoms with Gasteiger partial charge in [-0.15, -0.1) is 0 Å². The van der Waals surface area contributed by atoms with Crippen molar-refractivity contribution in [3.05, 3.63) is 35.9 Å². The Morgan fingerprint density at radius 2 is 1.80 bits per heavy atom. The fourth-order valence-electron chi connectivity index (χ4n) is 4.67. The number of hydrogen-bond acceptors (Lipinski definition) is 2. The SMILES string of the molecule is O=C(CNC1C2C3CCC(C3)C12)NCc1ccccc1. The number of hydrogen-bond donors (Lipinski definition) is 2. The molecule has 20 heavy (non-hydrogen) atoms. The quantitative estimate of drug-likeness (QED) is 0.858. The first kappa shape index (κ1) is 12.4. The maximum absolute atomic E-state index is 11.9. The van der Waals surface area contributed by atoms with E-state index in [1.54, 1.807) is 0 Å². The van der Waals surface area contributed by atoms with Crippen LogP contribution in [0.1, 0.15) is 24.8 Å². The number of fused-ring (bicyclic) bond motifs is 5. The van der Waals surface area contributed by atoms with E-state index in [-0.39, 0.29) is 5.91 Å². The lowest BCUT2D eigenvalue weighted by atomic mass is 10.0. The molecule has 1 aromatic rings. The number of amides is 1. The summed E-state index contributed by atoms with van der Waals surface area (Å²) < 4.78 is 0. The molecule has 0 aromatic heterocycles. The number of benzene rings is 1. The van der Waals surface area contributed by atoms with Crippen molar-refractivity contribution in [2.75, 3.05) is 6.54 Å². The molecule has 0 spiro atoms. The summed E-state index contributed by atoms with van der Waals surface area (Å²) in [5.74, 6) is 3.85. The van der Waals surface area contributed by atoms with Crippen molar-refractivity contribution in [1.82, 2.24) is 10.6 Å². The Morgan fingerprint density at radius 3 is 2.50 bits per heavy atom. The van der Waals surface area contributed by atoms with Crippen LogP contribution in [0.15, 0.2) is 30.3 Å². The first-order valence-electron chi connectivity index (χ1n) is 7.87. The highest BCUT2D eigenvalue weighted by atomic mass is 16.1. The Kier molecular flexibility index (Phi) is 3.03. The van der Waals surface area contributed by atoms with Gasteiger partial charge >= 0.3 is 0 Å². The van der Waals surface area contributed by atoms with Gasteiger partial charge in [-0.25, -0.2) is 0 Å². The van der Waals surface area contributed by atoms with Crippen molar-refractivity contribution in [2.45, 2.75) is 31.8 Å². The van der Waals surface area contributed by atoms with E-state index >= 15 is 0 Å². The summed E-state index contributed by atoms with van der Waals surface area (Å²) in [5, 5.41) is 6.47. The van der Waals surface area contributed by atoms with Crippen molar-refractivity contribution >= 4 is 5.91 Å².